The number of aliphatic hydroxyl groups excluding tert-OH is 1. The second-order valence-corrected chi connectivity index (χ2v) is 31.2. The van der Waals surface area contributed by atoms with Gasteiger partial charge < -0.3 is 89.0 Å². The number of halogens is 4. The summed E-state index contributed by atoms with van der Waals surface area (Å²) in [7, 11) is 0. The molecule has 18 N–H and O–H groups in total. The van der Waals surface area contributed by atoms with Crippen LogP contribution in [0.15, 0.2) is 140 Å². The fourth-order valence-electron chi connectivity index (χ4n) is 13.4. The van der Waals surface area contributed by atoms with Crippen molar-refractivity contribution in [1.82, 2.24) is 73.7 Å². The van der Waals surface area contributed by atoms with Gasteiger partial charge in [-0.25, -0.2) is 9.59 Å². The summed E-state index contributed by atoms with van der Waals surface area (Å²) in [6.45, 7) is 11.2. The number of nitrogens with one attached hydrogen (secondary N) is 14. The van der Waals surface area contributed by atoms with Gasteiger partial charge in [-0.3, -0.25) is 78.4 Å². The average molecular weight is 1750 g/mol. The molecule has 16 amide bonds. The summed E-state index contributed by atoms with van der Waals surface area (Å²) >= 11 is 6.27. The number of likely N-dealkylation sites (tertiary alicyclic amines) is 1. The highest BCUT2D eigenvalue weighted by Crippen LogP contribution is 2.24. The van der Waals surface area contributed by atoms with E-state index in [1.165, 1.54) is 74.5 Å². The number of aromatic nitrogens is 1. The number of carboxylic acid groups (broad SMARTS) is 1. The second kappa shape index (κ2) is 47.6. The van der Waals surface area contributed by atoms with Crippen molar-refractivity contribution in [1.29, 1.82) is 0 Å². The molecule has 2 aliphatic heterocycles. The zero-order chi connectivity index (χ0) is 91.1. The van der Waals surface area contributed by atoms with E-state index < -0.39 is 174 Å². The molecule has 8 rings (SSSR count). The predicted molar refractivity (Wildman–Crippen MR) is 445 cm³/mol. The van der Waals surface area contributed by atoms with E-state index in [2.05, 4.69) is 85.2 Å². The molecule has 2 saturated heterocycles. The Morgan fingerprint density at radius 3 is 1.51 bits per heavy atom. The highest BCUT2D eigenvalue weighted by atomic mass is 35.5. The van der Waals surface area contributed by atoms with Crippen molar-refractivity contribution >= 4 is 128 Å². The number of carboxylic acids is 1. The molecule has 39 heteroatoms. The lowest BCUT2D eigenvalue weighted by Gasteiger charge is -2.31. The van der Waals surface area contributed by atoms with Crippen LogP contribution in [0.3, 0.4) is 0 Å². The SMILES string of the molecule is CC(=O)Nc1ccc(C[C@H](NC(=O)[C@H](CO)NC(=O)[C@@H](Cc2cccnc2)NC(=O)[C@@H](Cc2ccc(Cl)cc2)NC(=O)[C@@H](Cc2ccc3ccccc3c2)NC(C)=O)C(=O)N[C@H](Cc2ccc(NC(=O)[C@@H]3CC(=O)NC(=O)N3)cc2)C(=O)N[C@@H](CC(C)C)C(=O)N[C@@H](CCCCNC(C)C)C(=O)N2CCC[C@H]2C(=O)N[C@H](C)C([NH3+])=O)cc1.O=C([O-])C(F)(F)F. The lowest BCUT2D eigenvalue weighted by Crippen LogP contribution is -2.66. The Labute approximate surface area is 717 Å². The van der Waals surface area contributed by atoms with Gasteiger partial charge in [0.2, 0.25) is 76.8 Å². The molecule has 3 heterocycles. The van der Waals surface area contributed by atoms with Crippen LogP contribution in [0.4, 0.5) is 29.3 Å². The van der Waals surface area contributed by atoms with Gasteiger partial charge in [0.25, 0.3) is 0 Å². The van der Waals surface area contributed by atoms with Crippen LogP contribution in [0.25, 0.3) is 10.8 Å². The number of unbranched alkanes of at least 4 members (excludes halogenated alkanes) is 1. The molecule has 35 nitrogen and oxygen atoms in total. The largest absolute Gasteiger partial charge is 0.542 e. The van der Waals surface area contributed by atoms with Crippen LogP contribution in [0.1, 0.15) is 121 Å². The maximum atomic E-state index is 15.5. The number of carbonyl (C=O) groups is 16. The van der Waals surface area contributed by atoms with Gasteiger partial charge in [0.15, 0.2) is 0 Å². The number of urea groups is 1. The van der Waals surface area contributed by atoms with Crippen molar-refractivity contribution in [3.63, 3.8) is 0 Å². The molecule has 2 aliphatic rings. The Kier molecular flexibility index (Phi) is 37.7. The smallest absolute Gasteiger partial charge is 0.430 e. The fraction of sp³-hybridized carbons (Fsp3) is 0.424. The molecular weight excluding hydrogens is 1640 g/mol. The number of rotatable bonds is 41. The Balaban J connectivity index is 0.00000289. The van der Waals surface area contributed by atoms with E-state index in [0.29, 0.717) is 64.3 Å². The number of benzene rings is 5. The topological polar surface area (TPSA) is 529 Å². The van der Waals surface area contributed by atoms with Crippen LogP contribution in [-0.4, -0.2) is 208 Å². The van der Waals surface area contributed by atoms with Crippen molar-refractivity contribution in [2.45, 2.75) is 204 Å². The number of pyridine rings is 1. The Morgan fingerprint density at radius 2 is 1.02 bits per heavy atom. The van der Waals surface area contributed by atoms with Gasteiger partial charge in [-0.1, -0.05) is 124 Å². The molecule has 0 aliphatic carbocycles. The number of hydrogen-bond acceptors (Lipinski definition) is 20. The predicted octanol–water partition coefficient (Wildman–Crippen LogP) is 0.564. The van der Waals surface area contributed by atoms with Gasteiger partial charge in [0.05, 0.1) is 13.0 Å². The molecule has 0 bridgehead atoms. The quantitative estimate of drug-likeness (QED) is 0.0233. The number of anilines is 2. The van der Waals surface area contributed by atoms with Crippen LogP contribution >= 0.6 is 11.6 Å². The summed E-state index contributed by atoms with van der Waals surface area (Å²) in [6, 6.07) is 18.9. The first kappa shape index (κ1) is 98.3. The van der Waals surface area contributed by atoms with E-state index in [1.54, 1.807) is 62.4 Å². The summed E-state index contributed by atoms with van der Waals surface area (Å²) in [5, 5.41) is 59.6. The molecule has 666 valence electrons. The number of alkyl halides is 3. The van der Waals surface area contributed by atoms with Gasteiger partial charge in [-0.15, -0.1) is 0 Å². The van der Waals surface area contributed by atoms with Crippen LogP contribution < -0.4 is 85.3 Å². The van der Waals surface area contributed by atoms with E-state index >= 15 is 14.4 Å². The van der Waals surface area contributed by atoms with Gasteiger partial charge in [-0.2, -0.15) is 13.2 Å². The van der Waals surface area contributed by atoms with E-state index in [9.17, 15) is 75.8 Å². The minimum Gasteiger partial charge on any atom is -0.542 e. The summed E-state index contributed by atoms with van der Waals surface area (Å²) < 4.78 is 31.5. The Hall–Kier alpha value is -12.8. The third kappa shape index (κ3) is 32.2. The van der Waals surface area contributed by atoms with E-state index in [4.69, 9.17) is 21.5 Å². The number of fused-ring (bicyclic) bond motifs is 1. The number of amides is 16. The number of aliphatic hydroxyl groups is 1. The standard InChI is InChI=1S/C83H104ClN17O16.C2HF3O2/c1-46(2)36-62(74(108)92-61(17-10-11-34-87-47(3)4)82(116)101-35-13-18-70(101)81(115)88-48(5)72(85)106)93-76(110)65(39-53-24-31-60(32-25-53)91-73(107)68-43-71(105)100-83(117)99-68)95-78(112)66(40-52-22-29-59(30-23-52)89-49(6)103)97-80(114)69(45-102)98-79(113)67(42-55-14-12-33-86-44-55)96-77(111)64(38-51-20-27-58(84)28-21-51)94-75(109)63(90-50(7)104)41-54-19-26-56-15-8-9-16-57(56)37-54;3-2(4,5)1(6)7/h8-9,12,14-16,19-33,37,44,46-48,61-70,87,102H,10-11,13,17-18,34-36,38-43,45H2,1-7H3,(H2,85,106)(H,88,115)(H,89,103)(H,90,104)(H,91,107)(H,92,108)(H,93,110)(H,94,109)(H,95,112)(H,96,111)(H,97,114)(H,98,113)(H2,99,100,105,117);(H,6,7)/t48-,61+,62+,63-,64-,65-,66+,67-,68+,69+,70+;/m1./s1. The Morgan fingerprint density at radius 1 is 0.556 bits per heavy atom. The number of nitrogens with zero attached hydrogens (tertiary/aromatic N) is 2. The van der Waals surface area contributed by atoms with Crippen molar-refractivity contribution in [3.05, 3.63) is 173 Å². The molecular formula is C85H105ClF3N17O18. The second-order valence-electron chi connectivity index (χ2n) is 30.8. The molecule has 5 aromatic carbocycles. The Bertz CT molecular complexity index is 4770. The van der Waals surface area contributed by atoms with E-state index in [1.807, 2.05) is 56.3 Å². The van der Waals surface area contributed by atoms with E-state index in [-0.39, 0.29) is 82.0 Å². The molecule has 0 radical (unpaired) electrons. The molecule has 6 aromatic rings. The molecule has 124 heavy (non-hydrogen) atoms. The third-order valence-electron chi connectivity index (χ3n) is 19.8. The zero-order valence-corrected chi connectivity index (χ0v) is 70.1. The molecule has 0 unspecified atom stereocenters. The molecule has 11 atom stereocenters. The highest BCUT2D eigenvalue weighted by Gasteiger charge is 2.41. The van der Waals surface area contributed by atoms with Crippen LogP contribution in [0.2, 0.25) is 5.02 Å². The van der Waals surface area contributed by atoms with Crippen LogP contribution in [0, 0.1) is 5.92 Å². The summed E-state index contributed by atoms with van der Waals surface area (Å²) in [4.78, 5) is 223. The number of aliphatic carboxylic acids is 1. The number of quaternary nitrogens is 1. The van der Waals surface area contributed by atoms with Gasteiger partial charge in [0.1, 0.15) is 72.4 Å². The maximum Gasteiger partial charge on any atom is 0.430 e. The highest BCUT2D eigenvalue weighted by molar-refractivity contribution is 6.30. The normalized spacial score (nSPS) is 15.9. The zero-order valence-electron chi connectivity index (χ0n) is 69.4. The first-order valence-corrected chi connectivity index (χ1v) is 40.6. The van der Waals surface area contributed by atoms with Crippen molar-refractivity contribution < 1.29 is 106 Å². The summed E-state index contributed by atoms with van der Waals surface area (Å²) in [5.41, 5.74) is 6.31. The minimum absolute atomic E-state index is 0.0125. The molecule has 0 saturated carbocycles. The van der Waals surface area contributed by atoms with E-state index in [0.717, 1.165) is 10.8 Å². The lowest BCUT2D eigenvalue weighted by atomic mass is 9.99. The molecule has 1 aromatic heterocycles. The van der Waals surface area contributed by atoms with Crippen LogP contribution in [0.5, 0.6) is 0 Å². The first-order chi connectivity index (χ1) is 58.7. The molecule has 2 fully saturated rings. The first-order valence-electron chi connectivity index (χ1n) is 40.2. The maximum absolute atomic E-state index is 15.5. The third-order valence-corrected chi connectivity index (χ3v) is 20.0. The van der Waals surface area contributed by atoms with Crippen molar-refractivity contribution in [2.75, 3.05) is 30.3 Å². The van der Waals surface area contributed by atoms with Crippen molar-refractivity contribution in [3.8, 4) is 0 Å². The minimum atomic E-state index is -5.19. The van der Waals surface area contributed by atoms with Gasteiger partial charge in [-0.05, 0) is 139 Å². The number of imide groups is 1. The number of hydrogen-bond donors (Lipinski definition) is 16. The summed E-state index contributed by atoms with van der Waals surface area (Å²) in [5.74, 6) is -13.9. The van der Waals surface area contributed by atoms with Gasteiger partial charge in [0, 0.05) is 87.3 Å². The average Bonchev–Trinajstić information content (AvgIpc) is 1.50. The van der Waals surface area contributed by atoms with Crippen molar-refractivity contribution in [2.24, 2.45) is 5.92 Å². The van der Waals surface area contributed by atoms with Gasteiger partial charge >= 0.3 is 18.1 Å². The molecule has 0 spiro atoms. The lowest BCUT2D eigenvalue weighted by molar-refractivity contribution is -0.344. The summed E-state index contributed by atoms with van der Waals surface area (Å²) in [6.07, 6.45) is -1.98. The monoisotopic (exact) mass is 1740 g/mol. The van der Waals surface area contributed by atoms with Crippen LogP contribution in [-0.2, 0) is 104 Å². The number of carbonyl (C=O) groups excluding carboxylic acids is 16. The fourth-order valence-corrected chi connectivity index (χ4v) is 13.6.